The summed E-state index contributed by atoms with van der Waals surface area (Å²) in [5.41, 5.74) is 0.705. The molecule has 20 heavy (non-hydrogen) atoms. The fourth-order valence-corrected chi connectivity index (χ4v) is 4.61. The molecule has 3 nitrogen and oxygen atoms in total. The van der Waals surface area contributed by atoms with E-state index in [0.717, 1.165) is 25.8 Å². The maximum Gasteiger partial charge on any atom is 0.180 e. The first kappa shape index (κ1) is 15.6. The lowest BCUT2D eigenvalue weighted by atomic mass is 10.1. The zero-order valence-corrected chi connectivity index (χ0v) is 13.4. The molecule has 1 N–H and O–H groups in total. The van der Waals surface area contributed by atoms with E-state index in [4.69, 9.17) is 11.6 Å². The molecule has 5 heteroatoms. The Morgan fingerprint density at radius 2 is 2.05 bits per heavy atom. The van der Waals surface area contributed by atoms with Gasteiger partial charge in [-0.25, -0.2) is 8.42 Å². The van der Waals surface area contributed by atoms with Crippen molar-refractivity contribution in [2.75, 3.05) is 17.6 Å². The molecular formula is C15H22ClNO2S. The van der Waals surface area contributed by atoms with Gasteiger partial charge in [0.1, 0.15) is 0 Å². The predicted molar refractivity (Wildman–Crippen MR) is 84.3 cm³/mol. The number of rotatable bonds is 6. The minimum atomic E-state index is -3.20. The van der Waals surface area contributed by atoms with Crippen molar-refractivity contribution in [2.24, 2.45) is 5.92 Å². The Hall–Kier alpha value is -0.740. The smallest absolute Gasteiger partial charge is 0.180 e. The Kier molecular flexibility index (Phi) is 5.33. The zero-order valence-electron chi connectivity index (χ0n) is 11.8. The van der Waals surface area contributed by atoms with E-state index in [1.165, 1.54) is 0 Å². The van der Waals surface area contributed by atoms with Crippen LogP contribution >= 0.6 is 11.6 Å². The molecule has 1 aromatic carbocycles. The third kappa shape index (κ3) is 3.67. The van der Waals surface area contributed by atoms with Gasteiger partial charge in [0, 0.05) is 11.9 Å². The van der Waals surface area contributed by atoms with Gasteiger partial charge in [-0.3, -0.25) is 0 Å². The van der Waals surface area contributed by atoms with Crippen LogP contribution in [0, 0.1) is 5.92 Å². The van der Waals surface area contributed by atoms with Gasteiger partial charge in [0.25, 0.3) is 0 Å². The van der Waals surface area contributed by atoms with E-state index in [-0.39, 0.29) is 11.1 Å². The summed E-state index contributed by atoms with van der Waals surface area (Å²) in [6.45, 7) is 2.62. The van der Waals surface area contributed by atoms with Gasteiger partial charge < -0.3 is 5.32 Å². The van der Waals surface area contributed by atoms with Gasteiger partial charge in [0.2, 0.25) is 0 Å². The van der Waals surface area contributed by atoms with Gasteiger partial charge in [-0.05, 0) is 37.3 Å². The van der Waals surface area contributed by atoms with Gasteiger partial charge in [-0.2, -0.15) is 0 Å². The SMILES string of the molecule is CCCS(=O)(=O)c1ccccc1NCC1CCCC1Cl. The lowest BCUT2D eigenvalue weighted by Gasteiger charge is -2.17. The Balaban J connectivity index is 2.12. The highest BCUT2D eigenvalue weighted by Crippen LogP contribution is 2.31. The highest BCUT2D eigenvalue weighted by molar-refractivity contribution is 7.91. The van der Waals surface area contributed by atoms with E-state index in [0.29, 0.717) is 22.9 Å². The van der Waals surface area contributed by atoms with Gasteiger partial charge in [0.15, 0.2) is 9.84 Å². The summed E-state index contributed by atoms with van der Waals surface area (Å²) in [7, 11) is -3.20. The van der Waals surface area contributed by atoms with E-state index in [1.54, 1.807) is 12.1 Å². The number of sulfone groups is 1. The summed E-state index contributed by atoms with van der Waals surface area (Å²) < 4.78 is 24.5. The number of halogens is 1. The normalized spacial score (nSPS) is 22.9. The van der Waals surface area contributed by atoms with Crippen molar-refractivity contribution in [3.63, 3.8) is 0 Å². The molecule has 1 fully saturated rings. The molecule has 1 aliphatic rings. The summed E-state index contributed by atoms with van der Waals surface area (Å²) in [5.74, 6) is 0.617. The van der Waals surface area contributed by atoms with Crippen LogP contribution in [0.1, 0.15) is 32.6 Å². The molecule has 2 atom stereocenters. The second-order valence-electron chi connectivity index (χ2n) is 5.40. The first-order valence-electron chi connectivity index (χ1n) is 7.24. The summed E-state index contributed by atoms with van der Waals surface area (Å²) in [6, 6.07) is 7.15. The van der Waals surface area contributed by atoms with Crippen molar-refractivity contribution in [3.8, 4) is 0 Å². The Morgan fingerprint density at radius 1 is 1.30 bits per heavy atom. The molecular weight excluding hydrogens is 294 g/mol. The fraction of sp³-hybridized carbons (Fsp3) is 0.600. The molecule has 0 saturated heterocycles. The zero-order chi connectivity index (χ0) is 14.6. The van der Waals surface area contributed by atoms with Crippen molar-refractivity contribution < 1.29 is 8.42 Å². The lowest BCUT2D eigenvalue weighted by molar-refractivity contribution is 0.583. The molecule has 0 radical (unpaired) electrons. The largest absolute Gasteiger partial charge is 0.384 e. The van der Waals surface area contributed by atoms with Crippen molar-refractivity contribution in [2.45, 2.75) is 42.9 Å². The maximum absolute atomic E-state index is 12.2. The van der Waals surface area contributed by atoms with Crippen molar-refractivity contribution in [1.82, 2.24) is 0 Å². The van der Waals surface area contributed by atoms with Crippen LogP contribution in [0.15, 0.2) is 29.2 Å². The Morgan fingerprint density at radius 3 is 2.70 bits per heavy atom. The van der Waals surface area contributed by atoms with Crippen LogP contribution in [0.5, 0.6) is 0 Å². The summed E-state index contributed by atoms with van der Waals surface area (Å²) in [6.07, 6.45) is 3.97. The molecule has 1 saturated carbocycles. The standard InChI is InChI=1S/C15H22ClNO2S/c1-2-10-20(18,19)15-9-4-3-8-14(15)17-11-12-6-5-7-13(12)16/h3-4,8-9,12-13,17H,2,5-7,10-11H2,1H3. The Bertz CT molecular complexity index is 545. The first-order valence-corrected chi connectivity index (χ1v) is 9.33. The topological polar surface area (TPSA) is 46.2 Å². The number of benzene rings is 1. The average molecular weight is 316 g/mol. The summed E-state index contributed by atoms with van der Waals surface area (Å²) in [5, 5.41) is 3.50. The van der Waals surface area contributed by atoms with Crippen molar-refractivity contribution in [3.05, 3.63) is 24.3 Å². The van der Waals surface area contributed by atoms with Crippen LogP contribution in [-0.2, 0) is 9.84 Å². The number of hydrogen-bond donors (Lipinski definition) is 1. The van der Waals surface area contributed by atoms with Crippen LogP contribution in [0.25, 0.3) is 0 Å². The average Bonchev–Trinajstić information content (AvgIpc) is 2.82. The molecule has 0 amide bonds. The molecule has 2 rings (SSSR count). The number of alkyl halides is 1. The Labute approximate surface area is 126 Å². The van der Waals surface area contributed by atoms with Gasteiger partial charge >= 0.3 is 0 Å². The highest BCUT2D eigenvalue weighted by atomic mass is 35.5. The van der Waals surface area contributed by atoms with Gasteiger partial charge in [-0.15, -0.1) is 11.6 Å². The third-order valence-corrected chi connectivity index (χ3v) is 6.36. The molecule has 0 spiro atoms. The number of para-hydroxylation sites is 1. The molecule has 112 valence electrons. The van der Waals surface area contributed by atoms with E-state index in [2.05, 4.69) is 5.32 Å². The molecule has 1 aromatic rings. The maximum atomic E-state index is 12.2. The third-order valence-electron chi connectivity index (χ3n) is 3.82. The van der Waals surface area contributed by atoms with Crippen LogP contribution < -0.4 is 5.32 Å². The second kappa shape index (κ2) is 6.81. The fourth-order valence-electron chi connectivity index (χ4n) is 2.73. The van der Waals surface area contributed by atoms with Crippen LogP contribution in [0.4, 0.5) is 5.69 Å². The van der Waals surface area contributed by atoms with E-state index in [1.807, 2.05) is 19.1 Å². The van der Waals surface area contributed by atoms with Crippen LogP contribution in [0.2, 0.25) is 0 Å². The predicted octanol–water partition coefficient (Wildman–Crippen LogP) is 3.69. The van der Waals surface area contributed by atoms with Crippen LogP contribution in [0.3, 0.4) is 0 Å². The quantitative estimate of drug-likeness (QED) is 0.814. The van der Waals surface area contributed by atoms with E-state index in [9.17, 15) is 8.42 Å². The van der Waals surface area contributed by atoms with E-state index >= 15 is 0 Å². The van der Waals surface area contributed by atoms with Gasteiger partial charge in [0.05, 0.1) is 16.3 Å². The minimum Gasteiger partial charge on any atom is -0.384 e. The molecule has 0 aromatic heterocycles. The first-order chi connectivity index (χ1) is 9.54. The van der Waals surface area contributed by atoms with E-state index < -0.39 is 9.84 Å². The molecule has 0 aliphatic heterocycles. The second-order valence-corrected chi connectivity index (χ2v) is 8.04. The summed E-state index contributed by atoms with van der Waals surface area (Å²) >= 11 is 6.27. The minimum absolute atomic E-state index is 0.188. The number of hydrogen-bond acceptors (Lipinski definition) is 3. The van der Waals surface area contributed by atoms with Crippen molar-refractivity contribution >= 4 is 27.1 Å². The molecule has 0 heterocycles. The summed E-state index contributed by atoms with van der Waals surface area (Å²) in [4.78, 5) is 0.408. The highest BCUT2D eigenvalue weighted by Gasteiger charge is 2.25. The number of anilines is 1. The monoisotopic (exact) mass is 315 g/mol. The molecule has 0 bridgehead atoms. The molecule has 1 aliphatic carbocycles. The van der Waals surface area contributed by atoms with Gasteiger partial charge in [-0.1, -0.05) is 25.5 Å². The number of nitrogens with one attached hydrogen (secondary N) is 1. The molecule has 2 unspecified atom stereocenters. The van der Waals surface area contributed by atoms with Crippen LogP contribution in [-0.4, -0.2) is 26.1 Å². The van der Waals surface area contributed by atoms with Crippen molar-refractivity contribution in [1.29, 1.82) is 0 Å². The lowest BCUT2D eigenvalue weighted by Crippen LogP contribution is -2.19.